The number of hydrogen-bond acceptors (Lipinski definition) is 3. The zero-order valence-corrected chi connectivity index (χ0v) is 8.51. The molecular formula is C9H12N2OS. The number of thiazole rings is 1. The van der Waals surface area contributed by atoms with Gasteiger partial charge in [-0.25, -0.2) is 4.98 Å². The summed E-state index contributed by atoms with van der Waals surface area (Å²) in [7, 11) is 0. The van der Waals surface area contributed by atoms with Crippen molar-refractivity contribution in [2.45, 2.75) is 26.4 Å². The molecule has 2 aromatic rings. The molecular weight excluding hydrogens is 184 g/mol. The SMILES string of the molecule is CC(C)c1csc2nc(CO)cn12. The molecule has 0 saturated heterocycles. The maximum Gasteiger partial charge on any atom is 0.194 e. The van der Waals surface area contributed by atoms with Crippen LogP contribution in [0.4, 0.5) is 0 Å². The van der Waals surface area contributed by atoms with Gasteiger partial charge in [-0.2, -0.15) is 0 Å². The van der Waals surface area contributed by atoms with Crippen molar-refractivity contribution in [1.29, 1.82) is 0 Å². The predicted molar refractivity (Wildman–Crippen MR) is 53.1 cm³/mol. The molecule has 2 heterocycles. The number of rotatable bonds is 2. The largest absolute Gasteiger partial charge is 0.390 e. The third kappa shape index (κ3) is 1.36. The van der Waals surface area contributed by atoms with Crippen LogP contribution in [0.5, 0.6) is 0 Å². The Balaban J connectivity index is 2.58. The molecule has 0 radical (unpaired) electrons. The van der Waals surface area contributed by atoms with Crippen molar-refractivity contribution < 1.29 is 5.11 Å². The molecule has 2 rings (SSSR count). The van der Waals surface area contributed by atoms with Gasteiger partial charge in [-0.15, -0.1) is 11.3 Å². The maximum absolute atomic E-state index is 8.92. The molecule has 0 saturated carbocycles. The summed E-state index contributed by atoms with van der Waals surface area (Å²) in [5.41, 5.74) is 2.00. The second-order valence-electron chi connectivity index (χ2n) is 3.36. The first-order valence-corrected chi connectivity index (χ1v) is 5.16. The van der Waals surface area contributed by atoms with Gasteiger partial charge >= 0.3 is 0 Å². The van der Waals surface area contributed by atoms with Gasteiger partial charge in [0.15, 0.2) is 4.96 Å². The maximum atomic E-state index is 8.92. The lowest BCUT2D eigenvalue weighted by atomic mass is 10.2. The van der Waals surface area contributed by atoms with Crippen LogP contribution in [0.1, 0.15) is 31.2 Å². The van der Waals surface area contributed by atoms with Crippen LogP contribution >= 0.6 is 11.3 Å². The molecule has 1 N–H and O–H groups in total. The lowest BCUT2D eigenvalue weighted by Crippen LogP contribution is -1.91. The van der Waals surface area contributed by atoms with Gasteiger partial charge in [-0.3, -0.25) is 4.40 Å². The lowest BCUT2D eigenvalue weighted by molar-refractivity contribution is 0.277. The monoisotopic (exact) mass is 196 g/mol. The van der Waals surface area contributed by atoms with E-state index >= 15 is 0 Å². The van der Waals surface area contributed by atoms with Crippen LogP contribution in [-0.4, -0.2) is 14.5 Å². The van der Waals surface area contributed by atoms with E-state index in [2.05, 4.69) is 28.6 Å². The summed E-state index contributed by atoms with van der Waals surface area (Å²) in [5.74, 6) is 0.495. The Morgan fingerprint density at radius 3 is 3.00 bits per heavy atom. The molecule has 0 unspecified atom stereocenters. The van der Waals surface area contributed by atoms with Gasteiger partial charge in [0, 0.05) is 17.3 Å². The van der Waals surface area contributed by atoms with Crippen molar-refractivity contribution in [2.75, 3.05) is 0 Å². The van der Waals surface area contributed by atoms with E-state index in [4.69, 9.17) is 5.11 Å². The molecule has 0 aliphatic rings. The fraction of sp³-hybridized carbons (Fsp3) is 0.444. The Labute approximate surface area is 80.7 Å². The van der Waals surface area contributed by atoms with E-state index in [9.17, 15) is 0 Å². The van der Waals surface area contributed by atoms with Gasteiger partial charge in [0.05, 0.1) is 12.3 Å². The number of imidazole rings is 1. The summed E-state index contributed by atoms with van der Waals surface area (Å²) in [4.78, 5) is 5.23. The van der Waals surface area contributed by atoms with Crippen LogP contribution in [0.15, 0.2) is 11.6 Å². The van der Waals surface area contributed by atoms with Crippen LogP contribution in [-0.2, 0) is 6.61 Å². The molecule has 2 aromatic heterocycles. The predicted octanol–water partition coefficient (Wildman–Crippen LogP) is 2.01. The van der Waals surface area contributed by atoms with E-state index < -0.39 is 0 Å². The van der Waals surface area contributed by atoms with Crippen LogP contribution in [0, 0.1) is 0 Å². The van der Waals surface area contributed by atoms with Crippen molar-refractivity contribution >= 4 is 16.3 Å². The van der Waals surface area contributed by atoms with Gasteiger partial charge in [0.1, 0.15) is 0 Å². The highest BCUT2D eigenvalue weighted by Gasteiger charge is 2.09. The normalized spacial score (nSPS) is 11.7. The minimum absolute atomic E-state index is 0.0198. The summed E-state index contributed by atoms with van der Waals surface area (Å²) < 4.78 is 2.06. The molecule has 0 bridgehead atoms. The molecule has 0 spiro atoms. The quantitative estimate of drug-likeness (QED) is 0.797. The van der Waals surface area contributed by atoms with Gasteiger partial charge < -0.3 is 5.11 Å². The number of aliphatic hydroxyl groups is 1. The summed E-state index contributed by atoms with van der Waals surface area (Å²) in [5, 5.41) is 11.0. The highest BCUT2D eigenvalue weighted by atomic mass is 32.1. The van der Waals surface area contributed by atoms with E-state index in [1.165, 1.54) is 5.69 Å². The second kappa shape index (κ2) is 3.12. The number of aromatic nitrogens is 2. The zero-order chi connectivity index (χ0) is 9.42. The minimum Gasteiger partial charge on any atom is -0.390 e. The molecule has 0 atom stereocenters. The van der Waals surface area contributed by atoms with E-state index in [1.807, 2.05) is 6.20 Å². The van der Waals surface area contributed by atoms with Crippen LogP contribution < -0.4 is 0 Å². The van der Waals surface area contributed by atoms with Crippen molar-refractivity contribution in [3.05, 3.63) is 23.0 Å². The molecule has 0 aromatic carbocycles. The zero-order valence-electron chi connectivity index (χ0n) is 7.69. The number of hydrogen-bond donors (Lipinski definition) is 1. The Kier molecular flexibility index (Phi) is 2.09. The van der Waals surface area contributed by atoms with Crippen molar-refractivity contribution in [2.24, 2.45) is 0 Å². The molecule has 4 heteroatoms. The van der Waals surface area contributed by atoms with E-state index in [1.54, 1.807) is 11.3 Å². The standard InChI is InChI=1S/C9H12N2OS/c1-6(2)8-5-13-9-10-7(4-12)3-11(8)9/h3,5-6,12H,4H2,1-2H3. The third-order valence-corrected chi connectivity index (χ3v) is 2.90. The van der Waals surface area contributed by atoms with Crippen LogP contribution in [0.2, 0.25) is 0 Å². The minimum atomic E-state index is 0.0198. The van der Waals surface area contributed by atoms with E-state index in [0.29, 0.717) is 5.92 Å². The second-order valence-corrected chi connectivity index (χ2v) is 4.19. The fourth-order valence-corrected chi connectivity index (χ4v) is 2.39. The highest BCUT2D eigenvalue weighted by molar-refractivity contribution is 7.15. The Morgan fingerprint density at radius 1 is 1.62 bits per heavy atom. The van der Waals surface area contributed by atoms with Gasteiger partial charge in [0.25, 0.3) is 0 Å². The average Bonchev–Trinajstić information content (AvgIpc) is 2.59. The molecule has 0 aliphatic carbocycles. The molecule has 3 nitrogen and oxygen atoms in total. The van der Waals surface area contributed by atoms with Crippen molar-refractivity contribution in [3.63, 3.8) is 0 Å². The van der Waals surface area contributed by atoms with Gasteiger partial charge in [-0.05, 0) is 5.92 Å². The Hall–Kier alpha value is -0.870. The topological polar surface area (TPSA) is 37.5 Å². The third-order valence-electron chi connectivity index (χ3n) is 2.04. The summed E-state index contributed by atoms with van der Waals surface area (Å²) in [6, 6.07) is 0. The average molecular weight is 196 g/mol. The first-order valence-electron chi connectivity index (χ1n) is 4.28. The number of nitrogens with zero attached hydrogens (tertiary/aromatic N) is 2. The molecule has 70 valence electrons. The van der Waals surface area contributed by atoms with E-state index in [0.717, 1.165) is 10.7 Å². The van der Waals surface area contributed by atoms with Gasteiger partial charge in [0.2, 0.25) is 0 Å². The van der Waals surface area contributed by atoms with Gasteiger partial charge in [-0.1, -0.05) is 13.8 Å². The smallest absolute Gasteiger partial charge is 0.194 e. The fourth-order valence-electron chi connectivity index (χ4n) is 1.34. The van der Waals surface area contributed by atoms with Crippen LogP contribution in [0.3, 0.4) is 0 Å². The molecule has 0 aliphatic heterocycles. The first kappa shape index (κ1) is 8.72. The highest BCUT2D eigenvalue weighted by Crippen LogP contribution is 2.22. The Morgan fingerprint density at radius 2 is 2.38 bits per heavy atom. The Bertz CT molecular complexity index is 416. The number of aliphatic hydroxyl groups excluding tert-OH is 1. The van der Waals surface area contributed by atoms with Crippen molar-refractivity contribution in [1.82, 2.24) is 9.38 Å². The summed E-state index contributed by atoms with van der Waals surface area (Å²) >= 11 is 1.62. The van der Waals surface area contributed by atoms with Crippen molar-refractivity contribution in [3.8, 4) is 0 Å². The molecule has 13 heavy (non-hydrogen) atoms. The molecule has 0 amide bonds. The summed E-state index contributed by atoms with van der Waals surface area (Å²) in [6.07, 6.45) is 1.90. The molecule has 0 fully saturated rings. The lowest BCUT2D eigenvalue weighted by Gasteiger charge is -2.00. The van der Waals surface area contributed by atoms with E-state index in [-0.39, 0.29) is 6.61 Å². The first-order chi connectivity index (χ1) is 6.22. The summed E-state index contributed by atoms with van der Waals surface area (Å²) in [6.45, 7) is 4.33. The van der Waals surface area contributed by atoms with Crippen LogP contribution in [0.25, 0.3) is 4.96 Å². The number of fused-ring (bicyclic) bond motifs is 1.